The van der Waals surface area contributed by atoms with Gasteiger partial charge < -0.3 is 10.3 Å². The summed E-state index contributed by atoms with van der Waals surface area (Å²) in [5.41, 5.74) is 4.07. The molecule has 0 unspecified atom stereocenters. The molecule has 0 radical (unpaired) electrons. The SMILES string of the molecule is Clc1cnc2[nH]cc(Cc3ccc(NCc4ccncc4Cl)nc3)c2c1. The minimum atomic E-state index is 0.598. The van der Waals surface area contributed by atoms with E-state index < -0.39 is 0 Å². The molecule has 0 aliphatic carbocycles. The second-order valence-electron chi connectivity index (χ2n) is 5.91. The zero-order valence-electron chi connectivity index (χ0n) is 13.7. The number of rotatable bonds is 5. The Hall–Kier alpha value is -2.63. The number of H-pyrrole nitrogens is 1. The highest BCUT2D eigenvalue weighted by molar-refractivity contribution is 6.31. The first-order valence-corrected chi connectivity index (χ1v) is 8.83. The van der Waals surface area contributed by atoms with E-state index in [4.69, 9.17) is 23.2 Å². The van der Waals surface area contributed by atoms with E-state index in [-0.39, 0.29) is 0 Å². The van der Waals surface area contributed by atoms with Gasteiger partial charge in [-0.2, -0.15) is 0 Å². The molecule has 0 fully saturated rings. The number of anilines is 1. The maximum Gasteiger partial charge on any atom is 0.137 e. The maximum absolute atomic E-state index is 6.11. The molecule has 4 heterocycles. The molecule has 4 rings (SSSR count). The van der Waals surface area contributed by atoms with Crippen LogP contribution in [0.15, 0.2) is 55.2 Å². The van der Waals surface area contributed by atoms with E-state index >= 15 is 0 Å². The number of hydrogen-bond donors (Lipinski definition) is 2. The fourth-order valence-corrected chi connectivity index (χ4v) is 3.11. The Kier molecular flexibility index (Phi) is 4.73. The van der Waals surface area contributed by atoms with Crippen molar-refractivity contribution in [1.29, 1.82) is 0 Å². The van der Waals surface area contributed by atoms with Crippen molar-refractivity contribution >= 4 is 40.1 Å². The highest BCUT2D eigenvalue weighted by Crippen LogP contribution is 2.23. The molecule has 4 aromatic rings. The first kappa shape index (κ1) is 16.8. The van der Waals surface area contributed by atoms with Gasteiger partial charge in [-0.3, -0.25) is 4.98 Å². The largest absolute Gasteiger partial charge is 0.366 e. The predicted molar refractivity (Wildman–Crippen MR) is 105 cm³/mol. The van der Waals surface area contributed by atoms with Crippen molar-refractivity contribution in [1.82, 2.24) is 19.9 Å². The fraction of sp³-hybridized carbons (Fsp3) is 0.105. The van der Waals surface area contributed by atoms with Crippen molar-refractivity contribution in [3.8, 4) is 0 Å². The van der Waals surface area contributed by atoms with Crippen LogP contribution in [0.5, 0.6) is 0 Å². The second-order valence-corrected chi connectivity index (χ2v) is 6.76. The Morgan fingerprint density at radius 3 is 2.73 bits per heavy atom. The Morgan fingerprint density at radius 1 is 1.00 bits per heavy atom. The first-order chi connectivity index (χ1) is 12.7. The molecule has 0 aliphatic heterocycles. The van der Waals surface area contributed by atoms with Gasteiger partial charge in [0.15, 0.2) is 0 Å². The minimum absolute atomic E-state index is 0.598. The van der Waals surface area contributed by atoms with E-state index in [9.17, 15) is 0 Å². The van der Waals surface area contributed by atoms with Crippen LogP contribution in [0, 0.1) is 0 Å². The molecule has 7 heteroatoms. The van der Waals surface area contributed by atoms with Crippen LogP contribution >= 0.6 is 23.2 Å². The molecule has 130 valence electrons. The van der Waals surface area contributed by atoms with Gasteiger partial charge in [0.1, 0.15) is 11.5 Å². The number of aromatic amines is 1. The Balaban J connectivity index is 1.45. The fourth-order valence-electron chi connectivity index (χ4n) is 2.77. The molecule has 0 saturated heterocycles. The van der Waals surface area contributed by atoms with E-state index in [1.807, 2.05) is 30.6 Å². The van der Waals surface area contributed by atoms with Crippen molar-refractivity contribution in [2.45, 2.75) is 13.0 Å². The third-order valence-electron chi connectivity index (χ3n) is 4.12. The molecule has 0 bridgehead atoms. The second kappa shape index (κ2) is 7.32. The molecular weight excluding hydrogens is 369 g/mol. The number of aromatic nitrogens is 4. The van der Waals surface area contributed by atoms with Crippen molar-refractivity contribution < 1.29 is 0 Å². The van der Waals surface area contributed by atoms with Crippen molar-refractivity contribution in [2.24, 2.45) is 0 Å². The van der Waals surface area contributed by atoms with Gasteiger partial charge in [0.05, 0.1) is 10.0 Å². The van der Waals surface area contributed by atoms with Crippen LogP contribution < -0.4 is 5.32 Å². The summed E-state index contributed by atoms with van der Waals surface area (Å²) in [6, 6.07) is 7.84. The highest BCUT2D eigenvalue weighted by atomic mass is 35.5. The number of hydrogen-bond acceptors (Lipinski definition) is 4. The summed E-state index contributed by atoms with van der Waals surface area (Å²) in [6.07, 6.45) is 9.59. The summed E-state index contributed by atoms with van der Waals surface area (Å²) >= 11 is 12.2. The summed E-state index contributed by atoms with van der Waals surface area (Å²) in [5.74, 6) is 0.797. The van der Waals surface area contributed by atoms with E-state index in [0.29, 0.717) is 16.6 Å². The van der Waals surface area contributed by atoms with Gasteiger partial charge in [0.25, 0.3) is 0 Å². The molecule has 0 amide bonds. The van der Waals surface area contributed by atoms with Crippen LogP contribution in [0.1, 0.15) is 16.7 Å². The average Bonchev–Trinajstić information content (AvgIpc) is 3.04. The van der Waals surface area contributed by atoms with Crippen LogP contribution in [0.2, 0.25) is 10.0 Å². The molecule has 4 aromatic heterocycles. The zero-order valence-corrected chi connectivity index (χ0v) is 15.2. The van der Waals surface area contributed by atoms with Gasteiger partial charge in [0.2, 0.25) is 0 Å². The molecule has 5 nitrogen and oxygen atoms in total. The van der Waals surface area contributed by atoms with Crippen molar-refractivity contribution in [3.63, 3.8) is 0 Å². The molecular formula is C19H15Cl2N5. The van der Waals surface area contributed by atoms with Crippen molar-refractivity contribution in [2.75, 3.05) is 5.32 Å². The van der Waals surface area contributed by atoms with E-state index in [1.165, 1.54) is 0 Å². The monoisotopic (exact) mass is 383 g/mol. The van der Waals surface area contributed by atoms with Crippen LogP contribution in [0.4, 0.5) is 5.82 Å². The molecule has 26 heavy (non-hydrogen) atoms. The van der Waals surface area contributed by atoms with E-state index in [1.54, 1.807) is 18.6 Å². The summed E-state index contributed by atoms with van der Waals surface area (Å²) < 4.78 is 0. The van der Waals surface area contributed by atoms with Crippen LogP contribution in [0.25, 0.3) is 11.0 Å². The molecule has 0 atom stereocenters. The smallest absolute Gasteiger partial charge is 0.137 e. The van der Waals surface area contributed by atoms with Crippen LogP contribution in [0.3, 0.4) is 0 Å². The van der Waals surface area contributed by atoms with Gasteiger partial charge in [-0.1, -0.05) is 29.3 Å². The van der Waals surface area contributed by atoms with E-state index in [0.717, 1.165) is 40.0 Å². The molecule has 0 aromatic carbocycles. The van der Waals surface area contributed by atoms with E-state index in [2.05, 4.69) is 31.3 Å². The summed E-state index contributed by atoms with van der Waals surface area (Å²) in [5, 5.41) is 5.57. The Labute approximate surface area is 160 Å². The van der Waals surface area contributed by atoms with Gasteiger partial charge in [-0.15, -0.1) is 0 Å². The first-order valence-electron chi connectivity index (χ1n) is 8.08. The lowest BCUT2D eigenvalue weighted by molar-refractivity contribution is 1.08. The standard InChI is InChI=1S/C19H15Cl2N5/c20-15-6-16-14(9-25-19(16)26-10-15)5-12-1-2-18(23-7-12)24-8-13-3-4-22-11-17(13)21/h1-4,6-7,9-11H,5,8H2,(H,23,24)(H,25,26). The molecule has 0 aliphatic rings. The van der Waals surface area contributed by atoms with Gasteiger partial charge in [-0.25, -0.2) is 9.97 Å². The summed E-state index contributed by atoms with van der Waals surface area (Å²) in [7, 11) is 0. The number of halogens is 2. The van der Waals surface area contributed by atoms with Gasteiger partial charge >= 0.3 is 0 Å². The summed E-state index contributed by atoms with van der Waals surface area (Å²) in [6.45, 7) is 0.598. The lowest BCUT2D eigenvalue weighted by Crippen LogP contribution is -2.02. The minimum Gasteiger partial charge on any atom is -0.366 e. The number of nitrogens with one attached hydrogen (secondary N) is 2. The Bertz CT molecular complexity index is 1040. The number of nitrogens with zero attached hydrogens (tertiary/aromatic N) is 3. The summed E-state index contributed by atoms with van der Waals surface area (Å²) in [4.78, 5) is 15.9. The predicted octanol–water partition coefficient (Wildman–Crippen LogP) is 4.86. The zero-order chi connectivity index (χ0) is 17.9. The topological polar surface area (TPSA) is 66.5 Å². The number of fused-ring (bicyclic) bond motifs is 1. The normalized spacial score (nSPS) is 11.0. The van der Waals surface area contributed by atoms with Crippen LogP contribution in [-0.2, 0) is 13.0 Å². The molecule has 2 N–H and O–H groups in total. The molecule has 0 saturated carbocycles. The molecule has 0 spiro atoms. The van der Waals surface area contributed by atoms with Crippen LogP contribution in [-0.4, -0.2) is 19.9 Å². The van der Waals surface area contributed by atoms with Gasteiger partial charge in [-0.05, 0) is 34.9 Å². The maximum atomic E-state index is 6.11. The third kappa shape index (κ3) is 3.64. The third-order valence-corrected chi connectivity index (χ3v) is 4.67. The average molecular weight is 384 g/mol. The quantitative estimate of drug-likeness (QED) is 0.516. The number of pyridine rings is 3. The lowest BCUT2D eigenvalue weighted by Gasteiger charge is -2.08. The lowest BCUT2D eigenvalue weighted by atomic mass is 10.1. The van der Waals surface area contributed by atoms with Gasteiger partial charge in [0, 0.05) is 49.3 Å². The Morgan fingerprint density at radius 2 is 1.92 bits per heavy atom. The van der Waals surface area contributed by atoms with Crippen molar-refractivity contribution in [3.05, 3.63) is 82.0 Å². The highest BCUT2D eigenvalue weighted by Gasteiger charge is 2.07.